The monoisotopic (exact) mass is 773 g/mol. The number of amides is 2. The van der Waals surface area contributed by atoms with E-state index in [1.165, 1.54) is 13.2 Å². The molecule has 0 saturated carbocycles. The van der Waals surface area contributed by atoms with E-state index in [9.17, 15) is 22.4 Å². The van der Waals surface area contributed by atoms with E-state index < -0.39 is 39.3 Å². The van der Waals surface area contributed by atoms with Crippen LogP contribution in [0.5, 0.6) is 11.5 Å². The van der Waals surface area contributed by atoms with E-state index in [0.717, 1.165) is 29.7 Å². The van der Waals surface area contributed by atoms with Crippen LogP contribution in [0.15, 0.2) is 48.5 Å². The molecule has 54 heavy (non-hydrogen) atoms. The second-order valence-corrected chi connectivity index (χ2v) is 16.6. The molecule has 3 aromatic rings. The third-order valence-corrected chi connectivity index (χ3v) is 8.88. The Bertz CT molecular complexity index is 1890. The van der Waals surface area contributed by atoms with Gasteiger partial charge in [0.15, 0.2) is 24.2 Å². The van der Waals surface area contributed by atoms with Crippen LogP contribution >= 0.6 is 0 Å². The van der Waals surface area contributed by atoms with Crippen molar-refractivity contribution in [2.45, 2.75) is 77.7 Å². The predicted molar refractivity (Wildman–Crippen MR) is 199 cm³/mol. The number of anilines is 3. The number of methoxy groups -OCH3 is 1. The largest absolute Gasteiger partial charge is 0.488 e. The maximum Gasteiger partial charge on any atom is 0.425 e. The first-order valence-electron chi connectivity index (χ1n) is 17.5. The molecule has 3 heterocycles. The first kappa shape index (κ1) is 40.4. The van der Waals surface area contributed by atoms with Gasteiger partial charge in [-0.05, 0) is 84.7 Å². The Hall–Kier alpha value is -4.74. The average molecular weight is 774 g/mol. The van der Waals surface area contributed by atoms with Gasteiger partial charge in [0.2, 0.25) is 0 Å². The average Bonchev–Trinajstić information content (AvgIpc) is 3.33. The van der Waals surface area contributed by atoms with Gasteiger partial charge in [0, 0.05) is 49.6 Å². The lowest BCUT2D eigenvalue weighted by Gasteiger charge is -2.44. The Labute approximate surface area is 315 Å². The molecule has 2 unspecified atom stereocenters. The molecule has 2 atom stereocenters. The van der Waals surface area contributed by atoms with Crippen molar-refractivity contribution >= 4 is 39.5 Å². The number of hydrogen-bond donors (Lipinski definition) is 0. The molecule has 0 spiro atoms. The summed E-state index contributed by atoms with van der Waals surface area (Å²) in [5.41, 5.74) is 0.285. The normalized spacial score (nSPS) is 17.3. The van der Waals surface area contributed by atoms with Crippen molar-refractivity contribution < 1.29 is 50.3 Å². The van der Waals surface area contributed by atoms with Gasteiger partial charge in [0.05, 0.1) is 17.6 Å². The Morgan fingerprint density at radius 1 is 0.870 bits per heavy atom. The number of halogens is 1. The van der Waals surface area contributed by atoms with E-state index in [0.29, 0.717) is 35.8 Å². The summed E-state index contributed by atoms with van der Waals surface area (Å²) in [6.45, 7) is 10.6. The smallest absolute Gasteiger partial charge is 0.425 e. The van der Waals surface area contributed by atoms with Gasteiger partial charge in [-0.25, -0.2) is 14.0 Å². The third-order valence-electron chi connectivity index (χ3n) is 8.29. The highest BCUT2D eigenvalue weighted by Crippen LogP contribution is 2.42. The number of carbonyl (C=O) groups is 2. The van der Waals surface area contributed by atoms with Crippen LogP contribution < -0.4 is 24.2 Å². The number of fused-ring (bicyclic) bond motifs is 2. The van der Waals surface area contributed by atoms with Crippen LogP contribution in [0, 0.1) is 5.82 Å². The number of rotatable bonds is 12. The summed E-state index contributed by atoms with van der Waals surface area (Å²) in [5, 5.41) is 8.97. The van der Waals surface area contributed by atoms with E-state index in [-0.39, 0.29) is 43.7 Å². The fraction of sp³-hybridized carbons (Fsp3) is 0.514. The molecule has 1 aromatic heterocycles. The summed E-state index contributed by atoms with van der Waals surface area (Å²) in [5.74, 6) is -0.204. The molecule has 2 saturated heterocycles. The van der Waals surface area contributed by atoms with Crippen molar-refractivity contribution in [3.05, 3.63) is 54.3 Å². The Kier molecular flexibility index (Phi) is 12.2. The summed E-state index contributed by atoms with van der Waals surface area (Å²) in [6, 6.07) is 13.4. The van der Waals surface area contributed by atoms with Crippen molar-refractivity contribution in [2.24, 2.45) is 0 Å². The summed E-state index contributed by atoms with van der Waals surface area (Å²) < 4.78 is 70.1. The Morgan fingerprint density at radius 3 is 2.09 bits per heavy atom. The van der Waals surface area contributed by atoms with E-state index in [2.05, 4.69) is 20.0 Å². The highest BCUT2D eigenvalue weighted by atomic mass is 32.2. The molecule has 0 radical (unpaired) electrons. The topological polar surface area (TPSA) is 159 Å². The van der Waals surface area contributed by atoms with Crippen molar-refractivity contribution in [1.29, 1.82) is 0 Å². The molecule has 15 nitrogen and oxygen atoms in total. The van der Waals surface area contributed by atoms with Gasteiger partial charge in [-0.1, -0.05) is 12.1 Å². The van der Waals surface area contributed by atoms with E-state index in [1.807, 2.05) is 18.2 Å². The molecule has 2 bridgehead atoms. The standard InChI is InChI=1S/C37H48FN5O10S/c1-36(2,3)52-34(44)43(35(45)53-37(4,5)6)33-30(20-29(39-40-33)27-11-9-10-12-31(27)50-23-48-7)41-21-25-13-14-26(22-41)42(25)24-15-16-28(38)32(19-24)49-17-18-51-54(8,46)47/h9-12,15-16,19-20,25-26H,13-14,17-18,21-23H2,1-8H3. The number of aromatic nitrogens is 2. The summed E-state index contributed by atoms with van der Waals surface area (Å²) in [7, 11) is -2.15. The molecule has 2 fully saturated rings. The Morgan fingerprint density at radius 2 is 1.50 bits per heavy atom. The number of imide groups is 1. The number of ether oxygens (including phenoxy) is 5. The fourth-order valence-corrected chi connectivity index (χ4v) is 6.68. The minimum atomic E-state index is -3.67. The van der Waals surface area contributed by atoms with Crippen LogP contribution in [0.3, 0.4) is 0 Å². The minimum absolute atomic E-state index is 0.00364. The zero-order valence-corrected chi connectivity index (χ0v) is 32.6. The molecule has 5 rings (SSSR count). The molecule has 0 aliphatic carbocycles. The molecule has 2 aromatic carbocycles. The summed E-state index contributed by atoms with van der Waals surface area (Å²) in [4.78, 5) is 32.7. The minimum Gasteiger partial charge on any atom is -0.488 e. The SMILES string of the molecule is COCOc1ccccc1-c1cc(N2CC3CCC(C2)N3c2ccc(F)c(OCCOS(C)(=O)=O)c2)c(N(C(=O)OC(C)(C)C)C(=O)OC(C)(C)C)nn1. The number of hydrogen-bond acceptors (Lipinski definition) is 14. The maximum absolute atomic E-state index is 14.8. The summed E-state index contributed by atoms with van der Waals surface area (Å²) >= 11 is 0. The molecule has 0 N–H and O–H groups in total. The highest BCUT2D eigenvalue weighted by molar-refractivity contribution is 7.85. The van der Waals surface area contributed by atoms with Gasteiger partial charge in [0.25, 0.3) is 10.1 Å². The van der Waals surface area contributed by atoms with Crippen LogP contribution in [0.2, 0.25) is 0 Å². The van der Waals surface area contributed by atoms with Gasteiger partial charge in [-0.3, -0.25) is 4.18 Å². The zero-order valence-electron chi connectivity index (χ0n) is 31.8. The van der Waals surface area contributed by atoms with Gasteiger partial charge in [0.1, 0.15) is 30.2 Å². The van der Waals surface area contributed by atoms with Crippen molar-refractivity contribution in [2.75, 3.05) is 61.2 Å². The maximum atomic E-state index is 14.8. The lowest BCUT2D eigenvalue weighted by molar-refractivity contribution is 0.0428. The van der Waals surface area contributed by atoms with Crippen LogP contribution in [-0.2, 0) is 28.5 Å². The van der Waals surface area contributed by atoms with Crippen LogP contribution in [-0.4, -0.2) is 101 Å². The molecular weight excluding hydrogens is 725 g/mol. The first-order chi connectivity index (χ1) is 25.3. The van der Waals surface area contributed by atoms with Crippen LogP contribution in [0.4, 0.5) is 31.2 Å². The van der Waals surface area contributed by atoms with Gasteiger partial charge >= 0.3 is 12.2 Å². The van der Waals surface area contributed by atoms with Crippen molar-refractivity contribution in [1.82, 2.24) is 10.2 Å². The fourth-order valence-electron chi connectivity index (χ4n) is 6.31. The first-order valence-corrected chi connectivity index (χ1v) is 19.3. The van der Waals surface area contributed by atoms with E-state index in [4.69, 9.17) is 27.9 Å². The second kappa shape index (κ2) is 16.3. The molecular formula is C37H48FN5O10S. The zero-order chi connectivity index (χ0) is 39.4. The van der Waals surface area contributed by atoms with Crippen LogP contribution in [0.25, 0.3) is 11.3 Å². The van der Waals surface area contributed by atoms with Gasteiger partial charge in [-0.2, -0.15) is 13.3 Å². The lowest BCUT2D eigenvalue weighted by atomic mass is 10.1. The van der Waals surface area contributed by atoms with Crippen molar-refractivity contribution in [3.8, 4) is 22.8 Å². The number of carbonyl (C=O) groups excluding carboxylic acids is 2. The molecule has 17 heteroatoms. The van der Waals surface area contributed by atoms with E-state index >= 15 is 0 Å². The second-order valence-electron chi connectivity index (χ2n) is 15.0. The summed E-state index contributed by atoms with van der Waals surface area (Å²) in [6.07, 6.45) is 0.566. The lowest BCUT2D eigenvalue weighted by Crippen LogP contribution is -2.54. The Balaban J connectivity index is 1.53. The van der Waals surface area contributed by atoms with Crippen LogP contribution in [0.1, 0.15) is 54.4 Å². The number of nitrogens with zero attached hydrogens (tertiary/aromatic N) is 5. The van der Waals surface area contributed by atoms with Gasteiger partial charge in [-0.15, -0.1) is 10.2 Å². The quantitative estimate of drug-likeness (QED) is 0.117. The highest BCUT2D eigenvalue weighted by Gasteiger charge is 2.43. The molecule has 2 amide bonds. The number of piperazine rings is 1. The van der Waals surface area contributed by atoms with Crippen molar-refractivity contribution in [3.63, 3.8) is 0 Å². The number of para-hydroxylation sites is 1. The molecule has 294 valence electrons. The van der Waals surface area contributed by atoms with E-state index in [1.54, 1.807) is 65.8 Å². The number of benzene rings is 2. The molecule has 2 aliphatic heterocycles. The predicted octanol–water partition coefficient (Wildman–Crippen LogP) is 6.15. The van der Waals surface area contributed by atoms with Gasteiger partial charge < -0.3 is 33.5 Å². The molecule has 2 aliphatic rings. The third kappa shape index (κ3) is 10.3.